The van der Waals surface area contributed by atoms with Crippen LogP contribution in [-0.2, 0) is 4.74 Å². The van der Waals surface area contributed by atoms with Crippen LogP contribution < -0.4 is 5.32 Å². The second kappa shape index (κ2) is 12.6. The molecule has 1 fully saturated rings. The fourth-order valence-electron chi connectivity index (χ4n) is 4.49. The fourth-order valence-corrected chi connectivity index (χ4v) is 4.76. The second-order valence-corrected chi connectivity index (χ2v) is 8.88. The average molecular weight is 406 g/mol. The molecule has 1 N–H and O–H groups in total. The Morgan fingerprint density at radius 1 is 1.21 bits per heavy atom. The van der Waals surface area contributed by atoms with E-state index in [1.807, 2.05) is 0 Å². The quantitative estimate of drug-likeness (QED) is 0.460. The topological polar surface area (TPSA) is 27.7 Å². The summed E-state index contributed by atoms with van der Waals surface area (Å²) in [6, 6.07) is 0. The van der Waals surface area contributed by atoms with Gasteiger partial charge in [0.05, 0.1) is 13.2 Å². The van der Waals surface area contributed by atoms with Gasteiger partial charge in [-0.3, -0.25) is 4.90 Å². The molecule has 1 heterocycles. The Morgan fingerprint density at radius 2 is 2.11 bits per heavy atom. The average Bonchev–Trinajstić information content (AvgIpc) is 2.75. The lowest BCUT2D eigenvalue weighted by molar-refractivity contribution is 0.0367. The van der Waals surface area contributed by atoms with Crippen LogP contribution in [0.3, 0.4) is 0 Å². The van der Waals surface area contributed by atoms with Gasteiger partial charge in [0.1, 0.15) is 0 Å². The van der Waals surface area contributed by atoms with Crippen molar-refractivity contribution in [2.24, 2.45) is 5.92 Å². The van der Waals surface area contributed by atoms with E-state index < -0.39 is 0 Å². The summed E-state index contributed by atoms with van der Waals surface area (Å²) in [6.07, 6.45) is 18.4. The minimum Gasteiger partial charge on any atom is -0.379 e. The van der Waals surface area contributed by atoms with E-state index in [2.05, 4.69) is 33.3 Å². The molecule has 158 valence electrons. The number of rotatable bonds is 9. The Kier molecular flexibility index (Phi) is 9.81. The highest BCUT2D eigenvalue weighted by Gasteiger charge is 2.18. The summed E-state index contributed by atoms with van der Waals surface area (Å²) in [4.78, 5) is 4.98. The molecule has 0 aromatic rings. The predicted octanol–water partition coefficient (Wildman–Crippen LogP) is 4.13. The first-order valence-electron chi connectivity index (χ1n) is 11.5. The van der Waals surface area contributed by atoms with Crippen LogP contribution in [-0.4, -0.2) is 67.4 Å². The van der Waals surface area contributed by atoms with Crippen molar-refractivity contribution < 1.29 is 4.74 Å². The van der Waals surface area contributed by atoms with Crippen LogP contribution >= 0.6 is 12.2 Å². The number of ether oxygens (including phenoxy) is 1. The molecule has 5 heteroatoms. The van der Waals surface area contributed by atoms with Crippen LogP contribution in [0.5, 0.6) is 0 Å². The molecule has 3 aliphatic rings. The molecule has 2 aliphatic carbocycles. The summed E-state index contributed by atoms with van der Waals surface area (Å²) in [7, 11) is 0. The van der Waals surface area contributed by atoms with Gasteiger partial charge < -0.3 is 15.0 Å². The van der Waals surface area contributed by atoms with E-state index in [0.29, 0.717) is 0 Å². The molecule has 0 amide bonds. The molecule has 3 rings (SSSR count). The summed E-state index contributed by atoms with van der Waals surface area (Å²) in [5.74, 6) is 0.745. The molecule has 1 saturated heterocycles. The monoisotopic (exact) mass is 405 g/mol. The van der Waals surface area contributed by atoms with Gasteiger partial charge in [0.2, 0.25) is 0 Å². The van der Waals surface area contributed by atoms with Crippen LogP contribution in [0, 0.1) is 5.92 Å². The molecule has 28 heavy (non-hydrogen) atoms. The van der Waals surface area contributed by atoms with Crippen LogP contribution in [0.2, 0.25) is 0 Å². The zero-order chi connectivity index (χ0) is 19.4. The Morgan fingerprint density at radius 3 is 2.86 bits per heavy atom. The molecule has 0 aromatic heterocycles. The lowest BCUT2D eigenvalue weighted by Crippen LogP contribution is -2.44. The zero-order valence-electron chi connectivity index (χ0n) is 17.5. The Hall–Kier alpha value is -0.910. The third kappa shape index (κ3) is 7.84. The van der Waals surface area contributed by atoms with Gasteiger partial charge in [0.25, 0.3) is 0 Å². The van der Waals surface area contributed by atoms with Crippen molar-refractivity contribution in [2.45, 2.75) is 57.8 Å². The maximum atomic E-state index is 5.82. The van der Waals surface area contributed by atoms with Gasteiger partial charge in [-0.15, -0.1) is 0 Å². The third-order valence-electron chi connectivity index (χ3n) is 6.26. The number of morpholine rings is 1. The van der Waals surface area contributed by atoms with Crippen LogP contribution in [0.4, 0.5) is 0 Å². The summed E-state index contributed by atoms with van der Waals surface area (Å²) in [5.41, 5.74) is 1.62. The van der Waals surface area contributed by atoms with E-state index in [0.717, 1.165) is 69.9 Å². The number of hydrogen-bond acceptors (Lipinski definition) is 3. The first-order chi connectivity index (χ1) is 13.8. The smallest absolute Gasteiger partial charge is 0.168 e. The van der Waals surface area contributed by atoms with Gasteiger partial charge in [0.15, 0.2) is 5.11 Å². The van der Waals surface area contributed by atoms with E-state index in [1.165, 1.54) is 51.4 Å². The van der Waals surface area contributed by atoms with Gasteiger partial charge in [-0.05, 0) is 75.9 Å². The lowest BCUT2D eigenvalue weighted by atomic mass is 9.94. The summed E-state index contributed by atoms with van der Waals surface area (Å²) >= 11 is 5.82. The molecule has 1 unspecified atom stereocenters. The van der Waals surface area contributed by atoms with E-state index >= 15 is 0 Å². The second-order valence-electron chi connectivity index (χ2n) is 8.49. The van der Waals surface area contributed by atoms with Crippen molar-refractivity contribution in [2.75, 3.05) is 52.5 Å². The zero-order valence-corrected chi connectivity index (χ0v) is 18.4. The highest BCUT2D eigenvalue weighted by atomic mass is 32.1. The van der Waals surface area contributed by atoms with Crippen molar-refractivity contribution in [3.8, 4) is 0 Å². The number of nitrogens with zero attached hydrogens (tertiary/aromatic N) is 2. The molecule has 0 spiro atoms. The SMILES string of the molecule is S=C(NCCC1=CCCCC1)N(CCCN1CCOCC1)CC1CC=CCC1. The van der Waals surface area contributed by atoms with Crippen molar-refractivity contribution in [3.05, 3.63) is 23.8 Å². The molecule has 0 saturated carbocycles. The Labute approximate surface area is 177 Å². The normalized spacial score (nSPS) is 23.3. The van der Waals surface area contributed by atoms with Crippen LogP contribution in [0.25, 0.3) is 0 Å². The molecule has 0 bridgehead atoms. The molecule has 0 aromatic carbocycles. The standard InChI is InChI=1S/C23H39N3OS/c28-23(24-13-12-21-8-3-1-4-9-21)26(20-22-10-5-2-6-11-22)15-7-14-25-16-18-27-19-17-25/h2,5,8,22H,1,3-4,6-7,9-20H2,(H,24,28). The molecule has 1 aliphatic heterocycles. The molecule has 0 radical (unpaired) electrons. The maximum Gasteiger partial charge on any atom is 0.168 e. The maximum absolute atomic E-state index is 5.82. The fraction of sp³-hybridized carbons (Fsp3) is 0.783. The van der Waals surface area contributed by atoms with E-state index in [1.54, 1.807) is 5.57 Å². The largest absolute Gasteiger partial charge is 0.379 e. The highest BCUT2D eigenvalue weighted by molar-refractivity contribution is 7.80. The number of hydrogen-bond donors (Lipinski definition) is 1. The first kappa shape index (κ1) is 21.8. The van der Waals surface area contributed by atoms with Crippen molar-refractivity contribution in [1.82, 2.24) is 15.1 Å². The van der Waals surface area contributed by atoms with Crippen molar-refractivity contribution in [1.29, 1.82) is 0 Å². The summed E-state index contributed by atoms with van der Waals surface area (Å²) < 4.78 is 5.47. The van der Waals surface area contributed by atoms with Crippen molar-refractivity contribution in [3.63, 3.8) is 0 Å². The molecular formula is C23H39N3OS. The molecule has 4 nitrogen and oxygen atoms in total. The number of thiocarbonyl (C=S) groups is 1. The van der Waals surface area contributed by atoms with Crippen LogP contribution in [0.15, 0.2) is 23.8 Å². The van der Waals surface area contributed by atoms with Crippen LogP contribution in [0.1, 0.15) is 57.8 Å². The lowest BCUT2D eigenvalue weighted by Gasteiger charge is -2.32. The number of nitrogens with one attached hydrogen (secondary N) is 1. The van der Waals surface area contributed by atoms with E-state index in [9.17, 15) is 0 Å². The van der Waals surface area contributed by atoms with E-state index in [4.69, 9.17) is 17.0 Å². The Balaban J connectivity index is 1.43. The van der Waals surface area contributed by atoms with E-state index in [-0.39, 0.29) is 0 Å². The highest BCUT2D eigenvalue weighted by Crippen LogP contribution is 2.21. The van der Waals surface area contributed by atoms with Gasteiger partial charge in [-0.2, -0.15) is 0 Å². The van der Waals surface area contributed by atoms with Gasteiger partial charge in [0, 0.05) is 39.3 Å². The minimum absolute atomic E-state index is 0.745. The third-order valence-corrected chi connectivity index (χ3v) is 6.66. The van der Waals surface area contributed by atoms with Crippen molar-refractivity contribution >= 4 is 17.3 Å². The minimum atomic E-state index is 0.745. The predicted molar refractivity (Wildman–Crippen MR) is 122 cm³/mol. The Bertz CT molecular complexity index is 528. The van der Waals surface area contributed by atoms with Gasteiger partial charge in [-0.25, -0.2) is 0 Å². The first-order valence-corrected chi connectivity index (χ1v) is 11.9. The summed E-state index contributed by atoms with van der Waals surface area (Å²) in [5, 5.41) is 4.54. The molecule has 1 atom stereocenters. The number of allylic oxidation sites excluding steroid dienone is 3. The van der Waals surface area contributed by atoms with Gasteiger partial charge >= 0.3 is 0 Å². The van der Waals surface area contributed by atoms with Gasteiger partial charge in [-0.1, -0.05) is 23.8 Å². The molecular weight excluding hydrogens is 366 g/mol. The summed E-state index contributed by atoms with van der Waals surface area (Å²) in [6.45, 7) is 8.21.